The molecule has 1 aromatic heterocycles. The fourth-order valence-corrected chi connectivity index (χ4v) is 2.72. The summed E-state index contributed by atoms with van der Waals surface area (Å²) in [5, 5.41) is 0.776. The number of nitrogens with zero attached hydrogens (tertiary/aromatic N) is 1. The molecule has 0 aliphatic heterocycles. The molecule has 1 heterocycles. The van der Waals surface area contributed by atoms with Crippen LogP contribution in [0.25, 0.3) is 11.3 Å². The molecule has 5 heteroatoms. The topological polar surface area (TPSA) is 38.9 Å². The van der Waals surface area contributed by atoms with E-state index in [0.29, 0.717) is 17.8 Å². The summed E-state index contributed by atoms with van der Waals surface area (Å²) in [4.78, 5) is 5.36. The second-order valence-electron chi connectivity index (χ2n) is 4.34. The minimum absolute atomic E-state index is 0.240. The van der Waals surface area contributed by atoms with Gasteiger partial charge in [0.1, 0.15) is 16.6 Å². The standard InChI is InChI=1S/C13H14F2N2S/c1-7(2)13-12(17-11(6-16)18-13)8-3-9(14)5-10(15)4-8/h3-5,7H,6,16H2,1-2H3. The Kier molecular flexibility index (Phi) is 3.73. The van der Waals surface area contributed by atoms with E-state index in [-0.39, 0.29) is 5.92 Å². The van der Waals surface area contributed by atoms with Crippen LogP contribution >= 0.6 is 11.3 Å². The Bertz CT molecular complexity index is 544. The first-order valence-electron chi connectivity index (χ1n) is 5.67. The van der Waals surface area contributed by atoms with Crippen LogP contribution in [-0.4, -0.2) is 4.98 Å². The number of rotatable bonds is 3. The zero-order chi connectivity index (χ0) is 13.3. The van der Waals surface area contributed by atoms with Gasteiger partial charge in [0.2, 0.25) is 0 Å². The predicted octanol–water partition coefficient (Wildman–Crippen LogP) is 3.67. The quantitative estimate of drug-likeness (QED) is 0.922. The van der Waals surface area contributed by atoms with Crippen LogP contribution in [0.2, 0.25) is 0 Å². The van der Waals surface area contributed by atoms with Gasteiger partial charge in [0.15, 0.2) is 0 Å². The Hall–Kier alpha value is -1.33. The number of hydrogen-bond donors (Lipinski definition) is 1. The van der Waals surface area contributed by atoms with E-state index in [4.69, 9.17) is 5.73 Å². The largest absolute Gasteiger partial charge is 0.325 e. The summed E-state index contributed by atoms with van der Waals surface area (Å²) in [7, 11) is 0. The molecule has 0 amide bonds. The van der Waals surface area contributed by atoms with Crippen LogP contribution in [0.3, 0.4) is 0 Å². The molecular formula is C13H14F2N2S. The van der Waals surface area contributed by atoms with Crippen molar-refractivity contribution in [3.05, 3.63) is 39.7 Å². The van der Waals surface area contributed by atoms with E-state index in [1.165, 1.54) is 23.5 Å². The van der Waals surface area contributed by atoms with Crippen LogP contribution in [0.5, 0.6) is 0 Å². The summed E-state index contributed by atoms with van der Waals surface area (Å²) in [6.07, 6.45) is 0. The molecule has 0 fully saturated rings. The van der Waals surface area contributed by atoms with Gasteiger partial charge < -0.3 is 5.73 Å². The van der Waals surface area contributed by atoms with Crippen LogP contribution in [0.4, 0.5) is 8.78 Å². The molecule has 0 unspecified atom stereocenters. The first-order valence-corrected chi connectivity index (χ1v) is 6.49. The molecule has 0 radical (unpaired) electrons. The van der Waals surface area contributed by atoms with E-state index in [0.717, 1.165) is 16.0 Å². The van der Waals surface area contributed by atoms with Crippen molar-refractivity contribution in [3.63, 3.8) is 0 Å². The maximum Gasteiger partial charge on any atom is 0.126 e. The van der Waals surface area contributed by atoms with Crippen molar-refractivity contribution in [3.8, 4) is 11.3 Å². The molecule has 0 aliphatic carbocycles. The predicted molar refractivity (Wildman–Crippen MR) is 69.4 cm³/mol. The second-order valence-corrected chi connectivity index (χ2v) is 5.45. The Balaban J connectivity index is 2.58. The third-order valence-electron chi connectivity index (χ3n) is 2.53. The Morgan fingerprint density at radius 2 is 1.83 bits per heavy atom. The SMILES string of the molecule is CC(C)c1sc(CN)nc1-c1cc(F)cc(F)c1. The average Bonchev–Trinajstić information content (AvgIpc) is 2.71. The minimum Gasteiger partial charge on any atom is -0.325 e. The maximum atomic E-state index is 13.2. The van der Waals surface area contributed by atoms with Crippen LogP contribution in [0.1, 0.15) is 29.7 Å². The van der Waals surface area contributed by atoms with Crippen molar-refractivity contribution >= 4 is 11.3 Å². The number of aromatic nitrogens is 1. The van der Waals surface area contributed by atoms with E-state index >= 15 is 0 Å². The molecule has 1 aromatic carbocycles. The van der Waals surface area contributed by atoms with Gasteiger partial charge in [-0.1, -0.05) is 13.8 Å². The highest BCUT2D eigenvalue weighted by Crippen LogP contribution is 2.34. The van der Waals surface area contributed by atoms with Gasteiger partial charge in [-0.05, 0) is 18.1 Å². The molecule has 0 spiro atoms. The third kappa shape index (κ3) is 2.57. The number of benzene rings is 1. The normalized spacial score (nSPS) is 11.2. The average molecular weight is 268 g/mol. The van der Waals surface area contributed by atoms with Gasteiger partial charge in [0, 0.05) is 23.1 Å². The molecule has 0 atom stereocenters. The van der Waals surface area contributed by atoms with Crippen molar-refractivity contribution in [1.29, 1.82) is 0 Å². The van der Waals surface area contributed by atoms with E-state index in [1.807, 2.05) is 13.8 Å². The van der Waals surface area contributed by atoms with E-state index in [9.17, 15) is 8.78 Å². The molecule has 18 heavy (non-hydrogen) atoms. The lowest BCUT2D eigenvalue weighted by Crippen LogP contribution is -1.95. The van der Waals surface area contributed by atoms with Crippen molar-refractivity contribution in [2.75, 3.05) is 0 Å². The summed E-state index contributed by atoms with van der Waals surface area (Å²) < 4.78 is 26.5. The Morgan fingerprint density at radius 1 is 1.22 bits per heavy atom. The number of nitrogens with two attached hydrogens (primary N) is 1. The minimum atomic E-state index is -0.595. The van der Waals surface area contributed by atoms with Gasteiger partial charge in [0.05, 0.1) is 5.69 Å². The summed E-state index contributed by atoms with van der Waals surface area (Å²) in [5.74, 6) is -0.951. The Labute approximate surface area is 108 Å². The molecule has 2 N–H and O–H groups in total. The number of halogens is 2. The molecule has 96 valence electrons. The zero-order valence-corrected chi connectivity index (χ0v) is 11.0. The maximum absolute atomic E-state index is 13.2. The van der Waals surface area contributed by atoms with Gasteiger partial charge in [-0.25, -0.2) is 13.8 Å². The van der Waals surface area contributed by atoms with Crippen molar-refractivity contribution in [2.45, 2.75) is 26.3 Å². The monoisotopic (exact) mass is 268 g/mol. The smallest absolute Gasteiger partial charge is 0.126 e. The fraction of sp³-hybridized carbons (Fsp3) is 0.308. The fourth-order valence-electron chi connectivity index (χ4n) is 1.75. The summed E-state index contributed by atoms with van der Waals surface area (Å²) in [6.45, 7) is 4.38. The Morgan fingerprint density at radius 3 is 2.33 bits per heavy atom. The number of hydrogen-bond acceptors (Lipinski definition) is 3. The highest BCUT2D eigenvalue weighted by atomic mass is 32.1. The highest BCUT2D eigenvalue weighted by molar-refractivity contribution is 7.12. The third-order valence-corrected chi connectivity index (χ3v) is 3.91. The first kappa shape index (κ1) is 13.1. The van der Waals surface area contributed by atoms with Gasteiger partial charge in [-0.2, -0.15) is 0 Å². The van der Waals surface area contributed by atoms with Crippen LogP contribution in [0, 0.1) is 11.6 Å². The van der Waals surface area contributed by atoms with Crippen LogP contribution in [0.15, 0.2) is 18.2 Å². The van der Waals surface area contributed by atoms with Crippen molar-refractivity contribution in [2.24, 2.45) is 5.73 Å². The van der Waals surface area contributed by atoms with Crippen LogP contribution in [-0.2, 0) is 6.54 Å². The molecule has 0 aliphatic rings. The van der Waals surface area contributed by atoms with E-state index in [2.05, 4.69) is 4.98 Å². The molecule has 2 aromatic rings. The summed E-state index contributed by atoms with van der Waals surface area (Å²) in [5.41, 5.74) is 6.67. The molecular weight excluding hydrogens is 254 g/mol. The van der Waals surface area contributed by atoms with Gasteiger partial charge in [-0.15, -0.1) is 11.3 Å². The number of thiazole rings is 1. The molecule has 0 saturated heterocycles. The highest BCUT2D eigenvalue weighted by Gasteiger charge is 2.16. The lowest BCUT2D eigenvalue weighted by Gasteiger charge is -2.05. The lowest BCUT2D eigenvalue weighted by atomic mass is 10.1. The zero-order valence-electron chi connectivity index (χ0n) is 10.2. The molecule has 0 saturated carbocycles. The van der Waals surface area contributed by atoms with Crippen molar-refractivity contribution < 1.29 is 8.78 Å². The second kappa shape index (κ2) is 5.12. The van der Waals surface area contributed by atoms with E-state index in [1.54, 1.807) is 0 Å². The van der Waals surface area contributed by atoms with Gasteiger partial charge in [0.25, 0.3) is 0 Å². The van der Waals surface area contributed by atoms with E-state index < -0.39 is 11.6 Å². The molecule has 2 nitrogen and oxygen atoms in total. The van der Waals surface area contributed by atoms with Gasteiger partial charge in [-0.3, -0.25) is 0 Å². The summed E-state index contributed by atoms with van der Waals surface area (Å²) in [6, 6.07) is 3.45. The molecule has 0 bridgehead atoms. The first-order chi connectivity index (χ1) is 8.51. The molecule has 2 rings (SSSR count). The van der Waals surface area contributed by atoms with Gasteiger partial charge >= 0.3 is 0 Å². The lowest BCUT2D eigenvalue weighted by molar-refractivity contribution is 0.584. The van der Waals surface area contributed by atoms with Crippen molar-refractivity contribution in [1.82, 2.24) is 4.98 Å². The summed E-state index contributed by atoms with van der Waals surface area (Å²) >= 11 is 1.49. The van der Waals surface area contributed by atoms with Crippen LogP contribution < -0.4 is 5.73 Å².